The summed E-state index contributed by atoms with van der Waals surface area (Å²) in [5.74, 6) is 2.13. The molecule has 1 heterocycles. The number of rotatable bonds is 5. The van der Waals surface area contributed by atoms with Crippen LogP contribution in [0.1, 0.15) is 30.1 Å². The monoisotopic (exact) mass is 271 g/mol. The maximum Gasteiger partial charge on any atom is 0.252 e. The van der Waals surface area contributed by atoms with Gasteiger partial charge in [0.25, 0.3) is 5.56 Å². The second-order valence-electron chi connectivity index (χ2n) is 5.13. The summed E-state index contributed by atoms with van der Waals surface area (Å²) in [6.07, 6.45) is 3.04. The maximum absolute atomic E-state index is 11.6. The number of aromatic hydroxyl groups is 1. The van der Waals surface area contributed by atoms with E-state index in [1.165, 1.54) is 6.07 Å². The molecule has 0 amide bonds. The lowest BCUT2D eigenvalue weighted by molar-refractivity contribution is 0.475. The summed E-state index contributed by atoms with van der Waals surface area (Å²) in [7, 11) is 0. The second kappa shape index (κ2) is 5.36. The fourth-order valence-corrected chi connectivity index (χ4v) is 2.11. The summed E-state index contributed by atoms with van der Waals surface area (Å²) in [5.41, 5.74) is 1.02. The maximum atomic E-state index is 11.6. The Morgan fingerprint density at radius 1 is 1.30 bits per heavy atom. The minimum absolute atomic E-state index is 0.103. The molecule has 0 unspecified atom stereocenters. The van der Waals surface area contributed by atoms with E-state index in [1.807, 2.05) is 12.1 Å². The highest BCUT2D eigenvalue weighted by Gasteiger charge is 2.26. The number of nitrogens with zero attached hydrogens (tertiary/aromatic N) is 1. The molecule has 0 saturated heterocycles. The molecule has 0 spiro atoms. The lowest BCUT2D eigenvalue weighted by atomic mass is 10.1. The van der Waals surface area contributed by atoms with Crippen LogP contribution in [0.25, 0.3) is 0 Å². The zero-order valence-electron chi connectivity index (χ0n) is 11.1. The first kappa shape index (κ1) is 12.7. The molecule has 1 aromatic carbocycles. The Morgan fingerprint density at radius 2 is 2.05 bits per heavy atom. The zero-order valence-corrected chi connectivity index (χ0v) is 11.1. The predicted octanol–water partition coefficient (Wildman–Crippen LogP) is 2.01. The van der Waals surface area contributed by atoms with Crippen LogP contribution in [0.15, 0.2) is 35.1 Å². The van der Waals surface area contributed by atoms with Crippen molar-refractivity contribution in [2.24, 2.45) is 0 Å². The largest absolute Gasteiger partial charge is 0.508 e. The van der Waals surface area contributed by atoms with Gasteiger partial charge in [0.2, 0.25) is 0 Å². The van der Waals surface area contributed by atoms with Crippen molar-refractivity contribution in [3.05, 3.63) is 52.1 Å². The SMILES string of the molecule is O=c1cc(NCCc2ccc(O)cc2)nc(C2CC2)[nH]1. The molecule has 1 aromatic heterocycles. The highest BCUT2D eigenvalue weighted by molar-refractivity contribution is 5.34. The molecule has 5 nitrogen and oxygen atoms in total. The summed E-state index contributed by atoms with van der Waals surface area (Å²) in [5, 5.41) is 12.4. The van der Waals surface area contributed by atoms with Gasteiger partial charge in [-0.3, -0.25) is 4.79 Å². The summed E-state index contributed by atoms with van der Waals surface area (Å²) in [6.45, 7) is 0.700. The Morgan fingerprint density at radius 3 is 2.75 bits per heavy atom. The standard InChI is InChI=1S/C15H17N3O2/c19-12-5-1-10(2-6-12)7-8-16-13-9-14(20)18-15(17-13)11-3-4-11/h1-2,5-6,9,11,19H,3-4,7-8H2,(H2,16,17,18,20). The van der Waals surface area contributed by atoms with Gasteiger partial charge in [-0.25, -0.2) is 4.98 Å². The third kappa shape index (κ3) is 3.17. The van der Waals surface area contributed by atoms with Crippen molar-refractivity contribution in [3.63, 3.8) is 0 Å². The highest BCUT2D eigenvalue weighted by atomic mass is 16.3. The average Bonchev–Trinajstić information content (AvgIpc) is 3.25. The third-order valence-corrected chi connectivity index (χ3v) is 3.38. The fourth-order valence-electron chi connectivity index (χ4n) is 2.11. The molecular weight excluding hydrogens is 254 g/mol. The van der Waals surface area contributed by atoms with Gasteiger partial charge in [-0.15, -0.1) is 0 Å². The van der Waals surface area contributed by atoms with Crippen LogP contribution in [0.2, 0.25) is 0 Å². The quantitative estimate of drug-likeness (QED) is 0.777. The summed E-state index contributed by atoms with van der Waals surface area (Å²) in [6, 6.07) is 8.61. The van der Waals surface area contributed by atoms with E-state index in [9.17, 15) is 9.90 Å². The number of aromatic nitrogens is 2. The zero-order chi connectivity index (χ0) is 13.9. The number of H-pyrrole nitrogens is 1. The minimum Gasteiger partial charge on any atom is -0.508 e. The number of phenols is 1. The molecular formula is C15H17N3O2. The average molecular weight is 271 g/mol. The van der Waals surface area contributed by atoms with Crippen LogP contribution in [0.4, 0.5) is 5.82 Å². The Bertz CT molecular complexity index is 645. The first-order valence-electron chi connectivity index (χ1n) is 6.84. The van der Waals surface area contributed by atoms with Gasteiger partial charge >= 0.3 is 0 Å². The van der Waals surface area contributed by atoms with E-state index in [2.05, 4.69) is 15.3 Å². The minimum atomic E-state index is -0.103. The molecule has 2 aromatic rings. The van der Waals surface area contributed by atoms with Crippen molar-refractivity contribution >= 4 is 5.82 Å². The van der Waals surface area contributed by atoms with Crippen molar-refractivity contribution in [2.45, 2.75) is 25.2 Å². The van der Waals surface area contributed by atoms with E-state index in [0.717, 1.165) is 30.7 Å². The molecule has 5 heteroatoms. The summed E-state index contributed by atoms with van der Waals surface area (Å²) in [4.78, 5) is 18.8. The number of hydrogen-bond acceptors (Lipinski definition) is 4. The van der Waals surface area contributed by atoms with Crippen LogP contribution in [-0.4, -0.2) is 21.6 Å². The molecule has 3 rings (SSSR count). The van der Waals surface area contributed by atoms with Crippen molar-refractivity contribution < 1.29 is 5.11 Å². The topological polar surface area (TPSA) is 78.0 Å². The Hall–Kier alpha value is -2.30. The Kier molecular flexibility index (Phi) is 3.41. The molecule has 1 fully saturated rings. The van der Waals surface area contributed by atoms with Crippen LogP contribution >= 0.6 is 0 Å². The van der Waals surface area contributed by atoms with Gasteiger partial charge in [0.15, 0.2) is 0 Å². The van der Waals surface area contributed by atoms with Crippen LogP contribution < -0.4 is 10.9 Å². The molecule has 20 heavy (non-hydrogen) atoms. The van der Waals surface area contributed by atoms with E-state index in [0.29, 0.717) is 18.3 Å². The van der Waals surface area contributed by atoms with Gasteiger partial charge in [0.1, 0.15) is 17.4 Å². The van der Waals surface area contributed by atoms with Gasteiger partial charge in [-0.05, 0) is 37.0 Å². The predicted molar refractivity (Wildman–Crippen MR) is 77.1 cm³/mol. The molecule has 3 N–H and O–H groups in total. The van der Waals surface area contributed by atoms with Crippen molar-refractivity contribution in [1.82, 2.24) is 9.97 Å². The summed E-state index contributed by atoms with van der Waals surface area (Å²) < 4.78 is 0. The molecule has 1 saturated carbocycles. The fraction of sp³-hybridized carbons (Fsp3) is 0.333. The first-order valence-corrected chi connectivity index (χ1v) is 6.84. The third-order valence-electron chi connectivity index (χ3n) is 3.38. The van der Waals surface area contributed by atoms with Crippen molar-refractivity contribution in [3.8, 4) is 5.75 Å². The van der Waals surface area contributed by atoms with E-state index in [4.69, 9.17) is 0 Å². The van der Waals surface area contributed by atoms with Gasteiger partial charge in [-0.1, -0.05) is 12.1 Å². The number of phenolic OH excluding ortho intramolecular Hbond substituents is 1. The first-order chi connectivity index (χ1) is 9.70. The second-order valence-corrected chi connectivity index (χ2v) is 5.13. The number of hydrogen-bond donors (Lipinski definition) is 3. The molecule has 0 bridgehead atoms. The van der Waals surface area contributed by atoms with E-state index < -0.39 is 0 Å². The van der Waals surface area contributed by atoms with Crippen LogP contribution in [0.3, 0.4) is 0 Å². The van der Waals surface area contributed by atoms with Crippen LogP contribution in [0, 0.1) is 0 Å². The summed E-state index contributed by atoms with van der Waals surface area (Å²) >= 11 is 0. The normalized spacial score (nSPS) is 14.2. The van der Waals surface area contributed by atoms with Crippen molar-refractivity contribution in [1.29, 1.82) is 0 Å². The van der Waals surface area contributed by atoms with Crippen LogP contribution in [0.5, 0.6) is 5.75 Å². The van der Waals surface area contributed by atoms with Crippen LogP contribution in [-0.2, 0) is 6.42 Å². The lowest BCUT2D eigenvalue weighted by Gasteiger charge is -2.07. The highest BCUT2D eigenvalue weighted by Crippen LogP contribution is 2.37. The number of nitrogens with one attached hydrogen (secondary N) is 2. The smallest absolute Gasteiger partial charge is 0.252 e. The lowest BCUT2D eigenvalue weighted by Crippen LogP contribution is -2.14. The number of aromatic amines is 1. The van der Waals surface area contributed by atoms with E-state index >= 15 is 0 Å². The molecule has 1 aliphatic carbocycles. The Labute approximate surface area is 116 Å². The molecule has 0 aliphatic heterocycles. The van der Waals surface area contributed by atoms with Gasteiger partial charge in [0, 0.05) is 18.5 Å². The van der Waals surface area contributed by atoms with Gasteiger partial charge in [0.05, 0.1) is 0 Å². The number of anilines is 1. The van der Waals surface area contributed by atoms with E-state index in [-0.39, 0.29) is 11.3 Å². The molecule has 1 aliphatic rings. The van der Waals surface area contributed by atoms with E-state index in [1.54, 1.807) is 12.1 Å². The van der Waals surface area contributed by atoms with Gasteiger partial charge < -0.3 is 15.4 Å². The van der Waals surface area contributed by atoms with Crippen molar-refractivity contribution in [2.75, 3.05) is 11.9 Å². The molecule has 0 radical (unpaired) electrons. The van der Waals surface area contributed by atoms with Gasteiger partial charge in [-0.2, -0.15) is 0 Å². The molecule has 104 valence electrons. The molecule has 0 atom stereocenters. The number of benzene rings is 1. The Balaban J connectivity index is 1.60.